The third-order valence-electron chi connectivity index (χ3n) is 4.74. The van der Waals surface area contributed by atoms with Gasteiger partial charge in [-0.1, -0.05) is 13.3 Å². The van der Waals surface area contributed by atoms with Crippen molar-refractivity contribution in [3.8, 4) is 0 Å². The van der Waals surface area contributed by atoms with Crippen LogP contribution in [0, 0.1) is 19.8 Å². The van der Waals surface area contributed by atoms with Crippen molar-refractivity contribution in [1.29, 1.82) is 0 Å². The van der Waals surface area contributed by atoms with E-state index < -0.39 is 11.5 Å². The maximum absolute atomic E-state index is 12.0. The number of carbonyl (C=O) groups is 1. The van der Waals surface area contributed by atoms with Gasteiger partial charge >= 0.3 is 5.97 Å². The number of hydrogen-bond acceptors (Lipinski definition) is 2. The van der Waals surface area contributed by atoms with Gasteiger partial charge in [0.05, 0.1) is 0 Å². The van der Waals surface area contributed by atoms with E-state index in [1.54, 1.807) is 0 Å². The Kier molecular flexibility index (Phi) is 4.02. The average molecular weight is 277 g/mol. The Labute approximate surface area is 119 Å². The zero-order valence-electron chi connectivity index (χ0n) is 12.5. The molecular weight excluding hydrogens is 254 g/mol. The van der Waals surface area contributed by atoms with Gasteiger partial charge in [0.15, 0.2) is 5.43 Å². The monoisotopic (exact) mass is 277 g/mol. The third-order valence-corrected chi connectivity index (χ3v) is 4.74. The molecule has 20 heavy (non-hydrogen) atoms. The van der Waals surface area contributed by atoms with Gasteiger partial charge in [0.25, 0.3) is 0 Å². The van der Waals surface area contributed by atoms with Crippen LogP contribution < -0.4 is 5.43 Å². The molecule has 1 aromatic rings. The molecule has 0 unspecified atom stereocenters. The third kappa shape index (κ3) is 2.39. The fraction of sp³-hybridized carbons (Fsp3) is 0.625. The number of carboxylic acid groups (broad SMARTS) is 1. The number of aryl methyl sites for hydroxylation is 2. The molecule has 1 fully saturated rings. The Morgan fingerprint density at radius 1 is 1.30 bits per heavy atom. The van der Waals surface area contributed by atoms with Gasteiger partial charge in [-0.05, 0) is 45.4 Å². The van der Waals surface area contributed by atoms with Crippen LogP contribution in [0.4, 0.5) is 0 Å². The predicted octanol–water partition coefficient (Wildman–Crippen LogP) is 2.85. The molecule has 0 bridgehead atoms. The summed E-state index contributed by atoms with van der Waals surface area (Å²) in [6, 6.07) is 3.06. The molecule has 1 aromatic heterocycles. The van der Waals surface area contributed by atoms with E-state index in [0.29, 0.717) is 18.8 Å². The number of aliphatic carboxylic acids is 1. The second-order valence-electron chi connectivity index (χ2n) is 6.00. The van der Waals surface area contributed by atoms with Crippen molar-refractivity contribution in [2.45, 2.75) is 58.4 Å². The zero-order valence-corrected chi connectivity index (χ0v) is 12.5. The van der Waals surface area contributed by atoms with Gasteiger partial charge in [0.1, 0.15) is 5.54 Å². The highest BCUT2D eigenvalue weighted by atomic mass is 16.4. The molecule has 4 nitrogen and oxygen atoms in total. The summed E-state index contributed by atoms with van der Waals surface area (Å²) in [5.74, 6) is -0.149. The molecule has 110 valence electrons. The lowest BCUT2D eigenvalue weighted by atomic mass is 9.75. The van der Waals surface area contributed by atoms with E-state index in [0.717, 1.165) is 30.7 Å². The zero-order chi connectivity index (χ0) is 14.9. The fourth-order valence-corrected chi connectivity index (χ4v) is 3.63. The summed E-state index contributed by atoms with van der Waals surface area (Å²) in [5, 5.41) is 9.82. The van der Waals surface area contributed by atoms with E-state index in [1.807, 2.05) is 18.4 Å². The molecule has 1 aliphatic carbocycles. The second-order valence-corrected chi connectivity index (χ2v) is 6.00. The molecule has 0 atom stereocenters. The van der Waals surface area contributed by atoms with E-state index in [9.17, 15) is 14.7 Å². The highest BCUT2D eigenvalue weighted by Gasteiger charge is 2.44. The summed E-state index contributed by atoms with van der Waals surface area (Å²) >= 11 is 0. The van der Waals surface area contributed by atoms with Crippen LogP contribution in [0.5, 0.6) is 0 Å². The van der Waals surface area contributed by atoms with E-state index in [4.69, 9.17) is 0 Å². The molecular formula is C16H23NO3. The van der Waals surface area contributed by atoms with Crippen molar-refractivity contribution >= 4 is 5.97 Å². The largest absolute Gasteiger partial charge is 0.479 e. The highest BCUT2D eigenvalue weighted by molar-refractivity contribution is 5.77. The quantitative estimate of drug-likeness (QED) is 0.924. The van der Waals surface area contributed by atoms with Crippen molar-refractivity contribution < 1.29 is 9.90 Å². The van der Waals surface area contributed by atoms with Crippen LogP contribution in [-0.4, -0.2) is 15.6 Å². The number of aromatic nitrogens is 1. The van der Waals surface area contributed by atoms with Crippen LogP contribution in [0.1, 0.15) is 50.4 Å². The first-order chi connectivity index (χ1) is 9.40. The van der Waals surface area contributed by atoms with Crippen LogP contribution in [0.25, 0.3) is 0 Å². The highest BCUT2D eigenvalue weighted by Crippen LogP contribution is 2.40. The lowest BCUT2D eigenvalue weighted by Gasteiger charge is -2.40. The molecule has 2 rings (SSSR count). The van der Waals surface area contributed by atoms with Gasteiger partial charge in [-0.3, -0.25) is 4.79 Å². The smallest absolute Gasteiger partial charge is 0.329 e. The summed E-state index contributed by atoms with van der Waals surface area (Å²) in [7, 11) is 0. The number of hydrogen-bond donors (Lipinski definition) is 1. The Hall–Kier alpha value is -1.58. The molecule has 0 radical (unpaired) electrons. The SMILES string of the molecule is CCC1CCC(C(=O)O)(n2c(C)cc(=O)cc2C)CC1. The molecule has 1 N–H and O–H groups in total. The van der Waals surface area contributed by atoms with Gasteiger partial charge < -0.3 is 9.67 Å². The number of rotatable bonds is 3. The number of pyridine rings is 1. The van der Waals surface area contributed by atoms with Crippen LogP contribution in [0.15, 0.2) is 16.9 Å². The van der Waals surface area contributed by atoms with E-state index >= 15 is 0 Å². The molecule has 1 heterocycles. The summed E-state index contributed by atoms with van der Waals surface area (Å²) in [5.41, 5.74) is 0.548. The van der Waals surface area contributed by atoms with Crippen molar-refractivity contribution in [3.05, 3.63) is 33.7 Å². The predicted molar refractivity (Wildman–Crippen MR) is 78.0 cm³/mol. The first kappa shape index (κ1) is 14.8. The summed E-state index contributed by atoms with van der Waals surface area (Å²) in [4.78, 5) is 23.5. The maximum atomic E-state index is 12.0. The Morgan fingerprint density at radius 2 is 1.80 bits per heavy atom. The topological polar surface area (TPSA) is 59.3 Å². The Bertz CT molecular complexity index is 539. The fourth-order valence-electron chi connectivity index (χ4n) is 3.63. The van der Waals surface area contributed by atoms with Crippen molar-refractivity contribution in [2.24, 2.45) is 5.92 Å². The van der Waals surface area contributed by atoms with Crippen molar-refractivity contribution in [2.75, 3.05) is 0 Å². The average Bonchev–Trinajstić information content (AvgIpc) is 2.38. The minimum atomic E-state index is -0.881. The number of nitrogens with zero attached hydrogens (tertiary/aromatic N) is 1. The Morgan fingerprint density at radius 3 is 2.20 bits per heavy atom. The molecule has 0 spiro atoms. The van der Waals surface area contributed by atoms with Gasteiger partial charge in [0.2, 0.25) is 0 Å². The van der Waals surface area contributed by atoms with Crippen LogP contribution >= 0.6 is 0 Å². The first-order valence-electron chi connectivity index (χ1n) is 7.35. The van der Waals surface area contributed by atoms with Gasteiger partial charge in [-0.15, -0.1) is 0 Å². The van der Waals surface area contributed by atoms with Crippen molar-refractivity contribution in [3.63, 3.8) is 0 Å². The summed E-state index contributed by atoms with van der Waals surface area (Å²) < 4.78 is 1.86. The summed E-state index contributed by atoms with van der Waals surface area (Å²) in [6.45, 7) is 5.81. The minimum absolute atomic E-state index is 0.0565. The molecule has 0 saturated heterocycles. The van der Waals surface area contributed by atoms with Gasteiger partial charge in [0, 0.05) is 23.5 Å². The molecule has 0 aromatic carbocycles. The Balaban J connectivity index is 2.50. The van der Waals surface area contributed by atoms with E-state index in [-0.39, 0.29) is 5.43 Å². The van der Waals surface area contributed by atoms with E-state index in [1.165, 1.54) is 12.1 Å². The minimum Gasteiger partial charge on any atom is -0.479 e. The van der Waals surface area contributed by atoms with Gasteiger partial charge in [-0.25, -0.2) is 4.79 Å². The molecule has 1 aliphatic rings. The summed E-state index contributed by atoms with van der Waals surface area (Å²) in [6.07, 6.45) is 4.27. The van der Waals surface area contributed by atoms with Crippen molar-refractivity contribution in [1.82, 2.24) is 4.57 Å². The van der Waals surface area contributed by atoms with Crippen LogP contribution in [0.3, 0.4) is 0 Å². The van der Waals surface area contributed by atoms with Gasteiger partial charge in [-0.2, -0.15) is 0 Å². The standard InChI is InChI=1S/C16H23NO3/c1-4-13-5-7-16(8-6-13,15(19)20)17-11(2)9-14(18)10-12(17)3/h9-10,13H,4-8H2,1-3H3,(H,19,20). The maximum Gasteiger partial charge on any atom is 0.329 e. The first-order valence-corrected chi connectivity index (χ1v) is 7.35. The van der Waals surface area contributed by atoms with E-state index in [2.05, 4.69) is 6.92 Å². The normalized spacial score (nSPS) is 26.4. The number of carboxylic acids is 1. The molecule has 0 amide bonds. The molecule has 1 saturated carbocycles. The lowest BCUT2D eigenvalue weighted by Crippen LogP contribution is -2.47. The van der Waals surface area contributed by atoms with Crippen LogP contribution in [0.2, 0.25) is 0 Å². The molecule has 4 heteroatoms. The molecule has 0 aliphatic heterocycles. The second kappa shape index (κ2) is 5.43. The lowest BCUT2D eigenvalue weighted by molar-refractivity contribution is -0.150. The van der Waals surface area contributed by atoms with Crippen LogP contribution in [-0.2, 0) is 10.3 Å².